The van der Waals surface area contributed by atoms with Gasteiger partial charge in [0, 0.05) is 17.4 Å². The Labute approximate surface area is 128 Å². The van der Waals surface area contributed by atoms with E-state index in [0.717, 1.165) is 24.0 Å². The fourth-order valence-electron chi connectivity index (χ4n) is 2.55. The van der Waals surface area contributed by atoms with Crippen LogP contribution < -0.4 is 0 Å². The number of aryl methyl sites for hydroxylation is 1. The lowest BCUT2D eigenvalue weighted by Crippen LogP contribution is -1.98. The zero-order valence-corrected chi connectivity index (χ0v) is 14.1. The quantitative estimate of drug-likeness (QED) is 0.315. The highest BCUT2D eigenvalue weighted by Crippen LogP contribution is 2.17. The van der Waals surface area contributed by atoms with Crippen molar-refractivity contribution in [3.63, 3.8) is 0 Å². The number of thiophene rings is 1. The second-order valence-electron chi connectivity index (χ2n) is 5.82. The number of unbranched alkanes of at least 4 members (excludes halogenated alkanes) is 9. The van der Waals surface area contributed by atoms with Gasteiger partial charge in [-0.3, -0.25) is 4.79 Å². The SMILES string of the molecule is CCCCCCCCCCCCC(=O)c1cscc1C. The Morgan fingerprint density at radius 2 is 1.45 bits per heavy atom. The van der Waals surface area contributed by atoms with Crippen LogP contribution in [0.5, 0.6) is 0 Å². The molecule has 1 aromatic heterocycles. The van der Waals surface area contributed by atoms with Crippen LogP contribution in [0.1, 0.15) is 93.5 Å². The number of hydrogen-bond acceptors (Lipinski definition) is 2. The zero-order chi connectivity index (χ0) is 14.6. The third kappa shape index (κ3) is 7.23. The van der Waals surface area contributed by atoms with Crippen molar-refractivity contribution < 1.29 is 4.79 Å². The minimum Gasteiger partial charge on any atom is -0.294 e. The standard InChI is InChI=1S/C18H30OS/c1-3-4-5-6-7-8-9-10-11-12-13-18(19)17-15-20-14-16(17)2/h14-15H,3-13H2,1-2H3. The van der Waals surface area contributed by atoms with Gasteiger partial charge in [-0.2, -0.15) is 11.3 Å². The first-order valence-corrected chi connectivity index (χ1v) is 9.26. The lowest BCUT2D eigenvalue weighted by atomic mass is 10.0. The van der Waals surface area contributed by atoms with Gasteiger partial charge in [-0.05, 0) is 24.3 Å². The molecule has 1 rings (SSSR count). The predicted molar refractivity (Wildman–Crippen MR) is 89.8 cm³/mol. The van der Waals surface area contributed by atoms with E-state index in [2.05, 4.69) is 12.3 Å². The minimum absolute atomic E-state index is 0.336. The molecule has 0 amide bonds. The largest absolute Gasteiger partial charge is 0.294 e. The Balaban J connectivity index is 1.92. The van der Waals surface area contributed by atoms with Crippen LogP contribution in [-0.4, -0.2) is 5.78 Å². The van der Waals surface area contributed by atoms with E-state index in [1.54, 1.807) is 11.3 Å². The molecule has 0 saturated heterocycles. The Bertz CT molecular complexity index is 367. The molecule has 0 atom stereocenters. The van der Waals surface area contributed by atoms with Crippen LogP contribution in [-0.2, 0) is 0 Å². The molecule has 0 aromatic carbocycles. The molecule has 0 bridgehead atoms. The zero-order valence-electron chi connectivity index (χ0n) is 13.2. The first-order valence-electron chi connectivity index (χ1n) is 8.31. The molecule has 0 aliphatic rings. The van der Waals surface area contributed by atoms with Crippen molar-refractivity contribution in [2.24, 2.45) is 0 Å². The van der Waals surface area contributed by atoms with Crippen LogP contribution in [0, 0.1) is 6.92 Å². The monoisotopic (exact) mass is 294 g/mol. The smallest absolute Gasteiger partial charge is 0.163 e. The second kappa shape index (κ2) is 11.1. The summed E-state index contributed by atoms with van der Waals surface area (Å²) < 4.78 is 0. The average molecular weight is 295 g/mol. The van der Waals surface area contributed by atoms with Gasteiger partial charge in [0.25, 0.3) is 0 Å². The molecule has 20 heavy (non-hydrogen) atoms. The summed E-state index contributed by atoms with van der Waals surface area (Å²) in [4.78, 5) is 12.0. The molecule has 0 spiro atoms. The third-order valence-corrected chi connectivity index (χ3v) is 4.77. The van der Waals surface area contributed by atoms with Gasteiger partial charge < -0.3 is 0 Å². The summed E-state index contributed by atoms with van der Waals surface area (Å²) in [6.07, 6.45) is 14.0. The Hall–Kier alpha value is -0.630. The summed E-state index contributed by atoms with van der Waals surface area (Å²) in [6.45, 7) is 4.29. The van der Waals surface area contributed by atoms with Crippen molar-refractivity contribution in [3.05, 3.63) is 21.9 Å². The van der Waals surface area contributed by atoms with Gasteiger partial charge in [-0.25, -0.2) is 0 Å². The number of ketones is 1. The maximum absolute atomic E-state index is 12.0. The third-order valence-electron chi connectivity index (χ3n) is 3.91. The van der Waals surface area contributed by atoms with E-state index < -0.39 is 0 Å². The van der Waals surface area contributed by atoms with Crippen LogP contribution in [0.15, 0.2) is 10.8 Å². The molecule has 0 aliphatic carbocycles. The normalized spacial score (nSPS) is 10.9. The van der Waals surface area contributed by atoms with Gasteiger partial charge in [0.05, 0.1) is 0 Å². The van der Waals surface area contributed by atoms with Gasteiger partial charge in [0.1, 0.15) is 0 Å². The van der Waals surface area contributed by atoms with Crippen LogP contribution in [0.2, 0.25) is 0 Å². The molecule has 1 heterocycles. The van der Waals surface area contributed by atoms with E-state index in [9.17, 15) is 4.79 Å². The van der Waals surface area contributed by atoms with Crippen molar-refractivity contribution in [2.75, 3.05) is 0 Å². The first-order chi connectivity index (χ1) is 9.75. The number of rotatable bonds is 12. The Morgan fingerprint density at radius 3 is 1.95 bits per heavy atom. The van der Waals surface area contributed by atoms with E-state index in [0.29, 0.717) is 5.78 Å². The fraction of sp³-hybridized carbons (Fsp3) is 0.722. The molecule has 2 heteroatoms. The van der Waals surface area contributed by atoms with Gasteiger partial charge in [0.15, 0.2) is 5.78 Å². The van der Waals surface area contributed by atoms with E-state index in [4.69, 9.17) is 0 Å². The fourth-order valence-corrected chi connectivity index (χ4v) is 3.41. The maximum Gasteiger partial charge on any atom is 0.163 e. The van der Waals surface area contributed by atoms with E-state index in [1.165, 1.54) is 57.8 Å². The van der Waals surface area contributed by atoms with Crippen LogP contribution in [0.3, 0.4) is 0 Å². The summed E-state index contributed by atoms with van der Waals surface area (Å²) in [7, 11) is 0. The van der Waals surface area contributed by atoms with Crippen molar-refractivity contribution in [2.45, 2.75) is 84.5 Å². The lowest BCUT2D eigenvalue weighted by molar-refractivity contribution is 0.0979. The van der Waals surface area contributed by atoms with Gasteiger partial charge >= 0.3 is 0 Å². The summed E-state index contributed by atoms with van der Waals surface area (Å²) in [6, 6.07) is 0. The molecule has 0 N–H and O–H groups in total. The second-order valence-corrected chi connectivity index (χ2v) is 6.57. The molecule has 114 valence electrons. The highest BCUT2D eigenvalue weighted by molar-refractivity contribution is 7.08. The van der Waals surface area contributed by atoms with Crippen molar-refractivity contribution in [1.29, 1.82) is 0 Å². The molecule has 1 aromatic rings. The van der Waals surface area contributed by atoms with E-state index >= 15 is 0 Å². The number of hydrogen-bond donors (Lipinski definition) is 0. The van der Waals surface area contributed by atoms with Crippen molar-refractivity contribution in [3.8, 4) is 0 Å². The highest BCUT2D eigenvalue weighted by atomic mass is 32.1. The number of carbonyl (C=O) groups is 1. The topological polar surface area (TPSA) is 17.1 Å². The molecule has 0 radical (unpaired) electrons. The lowest BCUT2D eigenvalue weighted by Gasteiger charge is -2.02. The van der Waals surface area contributed by atoms with Gasteiger partial charge in [0.2, 0.25) is 0 Å². The van der Waals surface area contributed by atoms with E-state index in [1.807, 2.05) is 12.3 Å². The minimum atomic E-state index is 0.336. The van der Waals surface area contributed by atoms with Crippen LogP contribution in [0.4, 0.5) is 0 Å². The molecule has 0 saturated carbocycles. The summed E-state index contributed by atoms with van der Waals surface area (Å²) >= 11 is 1.63. The van der Waals surface area contributed by atoms with Crippen molar-refractivity contribution >= 4 is 17.1 Å². The maximum atomic E-state index is 12.0. The Morgan fingerprint density at radius 1 is 0.900 bits per heavy atom. The summed E-state index contributed by atoms with van der Waals surface area (Å²) in [5.74, 6) is 0.336. The Kier molecular flexibility index (Phi) is 9.65. The van der Waals surface area contributed by atoms with Crippen molar-refractivity contribution in [1.82, 2.24) is 0 Å². The molecule has 1 nitrogen and oxygen atoms in total. The molecule has 0 unspecified atom stereocenters. The first kappa shape index (κ1) is 17.4. The molecule has 0 fully saturated rings. The average Bonchev–Trinajstić information content (AvgIpc) is 2.87. The van der Waals surface area contributed by atoms with Crippen LogP contribution in [0.25, 0.3) is 0 Å². The molecular formula is C18H30OS. The summed E-state index contributed by atoms with van der Waals surface area (Å²) in [5, 5.41) is 4.06. The van der Waals surface area contributed by atoms with Gasteiger partial charge in [-0.15, -0.1) is 0 Å². The van der Waals surface area contributed by atoms with Gasteiger partial charge in [-0.1, -0.05) is 64.7 Å². The summed E-state index contributed by atoms with van der Waals surface area (Å²) in [5.41, 5.74) is 2.10. The molecule has 0 aliphatic heterocycles. The van der Waals surface area contributed by atoms with Crippen LogP contribution >= 0.6 is 11.3 Å². The number of Topliss-reactive ketones (excluding diaryl/α,β-unsaturated/α-hetero) is 1. The number of carbonyl (C=O) groups excluding carboxylic acids is 1. The predicted octanol–water partition coefficient (Wildman–Crippen LogP) is 6.55. The molecular weight excluding hydrogens is 264 g/mol. The van der Waals surface area contributed by atoms with E-state index in [-0.39, 0.29) is 0 Å². The highest BCUT2D eigenvalue weighted by Gasteiger charge is 2.08.